The number of unbranched alkanes of at least 4 members (excludes halogenated alkanes) is 1. The Morgan fingerprint density at radius 1 is 0.903 bits per heavy atom. The van der Waals surface area contributed by atoms with Gasteiger partial charge < -0.3 is 4.57 Å². The number of aryl methyl sites for hydroxylation is 1. The Kier molecular flexibility index (Phi) is 6.62. The van der Waals surface area contributed by atoms with Gasteiger partial charge in [0.2, 0.25) is 0 Å². The highest BCUT2D eigenvalue weighted by atomic mass is 19.4. The van der Waals surface area contributed by atoms with Gasteiger partial charge in [-0.05, 0) is 30.2 Å². The molecule has 0 radical (unpaired) electrons. The predicted molar refractivity (Wildman–Crippen MR) is 117 cm³/mol. The number of hydrogen-bond acceptors (Lipinski definition) is 3. The van der Waals surface area contributed by atoms with Crippen LogP contribution in [0, 0.1) is 0 Å². The van der Waals surface area contributed by atoms with Gasteiger partial charge in [-0.2, -0.15) is 13.2 Å². The zero-order valence-corrected chi connectivity index (χ0v) is 17.9. The second-order valence-electron chi connectivity index (χ2n) is 8.27. The summed E-state index contributed by atoms with van der Waals surface area (Å²) in [5, 5.41) is 0. The summed E-state index contributed by atoms with van der Waals surface area (Å²) in [5.41, 5.74) is 1.90. The third kappa shape index (κ3) is 5.28. The zero-order valence-electron chi connectivity index (χ0n) is 17.9. The Morgan fingerprint density at radius 3 is 2.23 bits per heavy atom. The molecule has 0 N–H and O–H groups in total. The molecule has 3 aromatic rings. The molecule has 1 aliphatic rings. The van der Waals surface area contributed by atoms with Crippen molar-refractivity contribution < 1.29 is 13.2 Å². The summed E-state index contributed by atoms with van der Waals surface area (Å²) in [6.07, 6.45) is -2.35. The van der Waals surface area contributed by atoms with Crippen molar-refractivity contribution in [3.63, 3.8) is 0 Å². The number of hydrogen-bond donors (Lipinski definition) is 0. The van der Waals surface area contributed by atoms with Crippen LogP contribution in [0.5, 0.6) is 0 Å². The van der Waals surface area contributed by atoms with Crippen molar-refractivity contribution in [3.8, 4) is 0 Å². The molecule has 0 bridgehead atoms. The molecule has 166 valence electrons. The standard InChI is InChI=1S/C24H29F3N4/c1-2-3-11-31-22-10-9-20(24(25,26)27)16-21(22)28-23(31)18-30-14-12-29(13-15-30)17-19-7-5-4-6-8-19/h4-10,16H,2-3,11-15,17-18H2,1H3. The summed E-state index contributed by atoms with van der Waals surface area (Å²) in [6.45, 7) is 8.32. The molecule has 4 rings (SSSR count). The van der Waals surface area contributed by atoms with Gasteiger partial charge in [0.15, 0.2) is 0 Å². The fourth-order valence-corrected chi connectivity index (χ4v) is 4.19. The summed E-state index contributed by atoms with van der Waals surface area (Å²) in [7, 11) is 0. The predicted octanol–water partition coefficient (Wildman–Crippen LogP) is 5.17. The number of fused-ring (bicyclic) bond motifs is 1. The van der Waals surface area contributed by atoms with Crippen LogP contribution >= 0.6 is 0 Å². The van der Waals surface area contributed by atoms with Crippen LogP contribution in [0.1, 0.15) is 36.7 Å². The van der Waals surface area contributed by atoms with Crippen LogP contribution in [0.25, 0.3) is 11.0 Å². The molecule has 0 aliphatic carbocycles. The van der Waals surface area contributed by atoms with Crippen molar-refractivity contribution in [1.29, 1.82) is 0 Å². The number of halogens is 3. The molecule has 2 aromatic carbocycles. The smallest absolute Gasteiger partial charge is 0.327 e. The number of piperazine rings is 1. The largest absolute Gasteiger partial charge is 0.416 e. The van der Waals surface area contributed by atoms with Crippen LogP contribution in [-0.4, -0.2) is 45.5 Å². The quantitative estimate of drug-likeness (QED) is 0.517. The molecule has 0 amide bonds. The minimum atomic E-state index is -4.35. The highest BCUT2D eigenvalue weighted by Crippen LogP contribution is 2.32. The van der Waals surface area contributed by atoms with E-state index in [4.69, 9.17) is 0 Å². The second kappa shape index (κ2) is 9.40. The van der Waals surface area contributed by atoms with E-state index >= 15 is 0 Å². The van der Waals surface area contributed by atoms with E-state index in [9.17, 15) is 13.2 Å². The number of aromatic nitrogens is 2. The molecule has 1 aromatic heterocycles. The highest BCUT2D eigenvalue weighted by molar-refractivity contribution is 5.77. The van der Waals surface area contributed by atoms with Gasteiger partial charge >= 0.3 is 6.18 Å². The van der Waals surface area contributed by atoms with Crippen LogP contribution in [0.4, 0.5) is 13.2 Å². The lowest BCUT2D eigenvalue weighted by molar-refractivity contribution is -0.137. The Labute approximate surface area is 181 Å². The van der Waals surface area contributed by atoms with E-state index in [2.05, 4.69) is 50.5 Å². The lowest BCUT2D eigenvalue weighted by atomic mass is 10.2. The van der Waals surface area contributed by atoms with Gasteiger partial charge in [0.05, 0.1) is 23.1 Å². The van der Waals surface area contributed by atoms with Gasteiger partial charge in [0.1, 0.15) is 5.82 Å². The first-order chi connectivity index (χ1) is 14.9. The SMILES string of the molecule is CCCCn1c(CN2CCN(Cc3ccccc3)CC2)nc2cc(C(F)(F)F)ccc21. The number of nitrogens with zero attached hydrogens (tertiary/aromatic N) is 4. The number of imidazole rings is 1. The average molecular weight is 431 g/mol. The first kappa shape index (κ1) is 21.8. The molecular weight excluding hydrogens is 401 g/mol. The van der Waals surface area contributed by atoms with Gasteiger partial charge in [0.25, 0.3) is 0 Å². The second-order valence-corrected chi connectivity index (χ2v) is 8.27. The maximum atomic E-state index is 13.1. The lowest BCUT2D eigenvalue weighted by Gasteiger charge is -2.34. The molecule has 4 nitrogen and oxygen atoms in total. The monoisotopic (exact) mass is 430 g/mol. The molecule has 0 saturated carbocycles. The van der Waals surface area contributed by atoms with E-state index in [-0.39, 0.29) is 0 Å². The molecule has 1 aliphatic heterocycles. The molecule has 7 heteroatoms. The summed E-state index contributed by atoms with van der Waals surface area (Å²) in [5.74, 6) is 0.860. The van der Waals surface area contributed by atoms with Crippen LogP contribution in [0.2, 0.25) is 0 Å². The van der Waals surface area contributed by atoms with Gasteiger partial charge in [-0.3, -0.25) is 9.80 Å². The van der Waals surface area contributed by atoms with Crippen molar-refractivity contribution in [2.45, 2.75) is 45.6 Å². The van der Waals surface area contributed by atoms with Crippen LogP contribution in [0.3, 0.4) is 0 Å². The number of benzene rings is 2. The zero-order chi connectivity index (χ0) is 21.8. The number of rotatable bonds is 7. The third-order valence-corrected chi connectivity index (χ3v) is 5.97. The first-order valence-electron chi connectivity index (χ1n) is 11.0. The summed E-state index contributed by atoms with van der Waals surface area (Å²) < 4.78 is 41.5. The number of alkyl halides is 3. The van der Waals surface area contributed by atoms with Crippen molar-refractivity contribution in [1.82, 2.24) is 19.4 Å². The summed E-state index contributed by atoms with van der Waals surface area (Å²) in [6, 6.07) is 14.4. The topological polar surface area (TPSA) is 24.3 Å². The molecule has 1 saturated heterocycles. The van der Waals surface area contributed by atoms with Crippen molar-refractivity contribution in [3.05, 3.63) is 65.5 Å². The molecule has 1 fully saturated rings. The van der Waals surface area contributed by atoms with Gasteiger partial charge in [-0.25, -0.2) is 4.98 Å². The molecule has 2 heterocycles. The minimum absolute atomic E-state index is 0.434. The van der Waals surface area contributed by atoms with E-state index in [1.54, 1.807) is 6.07 Å². The van der Waals surface area contributed by atoms with E-state index in [1.807, 2.05) is 6.07 Å². The van der Waals surface area contributed by atoms with E-state index in [1.165, 1.54) is 17.7 Å². The van der Waals surface area contributed by atoms with Crippen LogP contribution < -0.4 is 0 Å². The van der Waals surface area contributed by atoms with E-state index < -0.39 is 11.7 Å². The molecular formula is C24H29F3N4. The van der Waals surface area contributed by atoms with Crippen molar-refractivity contribution in [2.75, 3.05) is 26.2 Å². The normalized spacial score (nSPS) is 16.3. The van der Waals surface area contributed by atoms with Crippen LogP contribution in [-0.2, 0) is 25.8 Å². The Balaban J connectivity index is 1.47. The highest BCUT2D eigenvalue weighted by Gasteiger charge is 2.31. The van der Waals surface area contributed by atoms with Gasteiger partial charge in [-0.1, -0.05) is 43.7 Å². The maximum Gasteiger partial charge on any atom is 0.416 e. The fourth-order valence-electron chi connectivity index (χ4n) is 4.19. The van der Waals surface area contributed by atoms with Crippen LogP contribution in [0.15, 0.2) is 48.5 Å². The van der Waals surface area contributed by atoms with Crippen molar-refractivity contribution >= 4 is 11.0 Å². The third-order valence-electron chi connectivity index (χ3n) is 5.97. The lowest BCUT2D eigenvalue weighted by Crippen LogP contribution is -2.45. The molecule has 0 unspecified atom stereocenters. The average Bonchev–Trinajstić information content (AvgIpc) is 3.10. The Morgan fingerprint density at radius 2 is 1.58 bits per heavy atom. The molecule has 0 atom stereocenters. The van der Waals surface area contributed by atoms with Gasteiger partial charge in [0, 0.05) is 39.3 Å². The maximum absolute atomic E-state index is 13.1. The Bertz CT molecular complexity index is 989. The fraction of sp³-hybridized carbons (Fsp3) is 0.458. The van der Waals surface area contributed by atoms with E-state index in [0.29, 0.717) is 12.1 Å². The van der Waals surface area contributed by atoms with E-state index in [0.717, 1.165) is 63.5 Å². The summed E-state index contributed by atoms with van der Waals surface area (Å²) >= 11 is 0. The Hall–Kier alpha value is -2.38. The molecule has 0 spiro atoms. The van der Waals surface area contributed by atoms with Gasteiger partial charge in [-0.15, -0.1) is 0 Å². The first-order valence-corrected chi connectivity index (χ1v) is 11.0. The minimum Gasteiger partial charge on any atom is -0.327 e. The molecule has 31 heavy (non-hydrogen) atoms. The van der Waals surface area contributed by atoms with Crippen molar-refractivity contribution in [2.24, 2.45) is 0 Å². The summed E-state index contributed by atoms with van der Waals surface area (Å²) in [4.78, 5) is 9.43.